The molecule has 0 aromatic heterocycles. The second-order valence-electron chi connectivity index (χ2n) is 18.7. The summed E-state index contributed by atoms with van der Waals surface area (Å²) in [6.07, 6.45) is 2.24. The van der Waals surface area contributed by atoms with Crippen molar-refractivity contribution < 1.29 is 77.9 Å². The molecule has 0 saturated carbocycles. The third-order valence-corrected chi connectivity index (χ3v) is 9.77. The maximum absolute atomic E-state index is 12.5. The minimum Gasteiger partial charge on any atom is -0.769 e. The van der Waals surface area contributed by atoms with Crippen LogP contribution in [0.25, 0.3) is 0 Å². The van der Waals surface area contributed by atoms with Crippen LogP contribution in [0.5, 0.6) is 0 Å². The normalized spacial score (nSPS) is 24.2. The van der Waals surface area contributed by atoms with Gasteiger partial charge in [0.25, 0.3) is 0 Å². The molecule has 58 heavy (non-hydrogen) atoms. The third-order valence-electron chi connectivity index (χ3n) is 9.77. The van der Waals surface area contributed by atoms with Gasteiger partial charge in [-0.2, -0.15) is 5.06 Å². The molecule has 2 aromatic carbocycles. The van der Waals surface area contributed by atoms with Gasteiger partial charge in [-0.1, -0.05) is 60.7 Å². The Bertz CT molecular complexity index is 1570. The summed E-state index contributed by atoms with van der Waals surface area (Å²) in [5, 5.41) is 21.1. The number of rotatable bonds is 4. The van der Waals surface area contributed by atoms with E-state index in [0.29, 0.717) is 0 Å². The van der Waals surface area contributed by atoms with Gasteiger partial charge in [0.2, 0.25) is 0 Å². The van der Waals surface area contributed by atoms with Crippen LogP contribution in [0.1, 0.15) is 140 Å². The van der Waals surface area contributed by atoms with Crippen LogP contribution in [0.4, 0.5) is 9.59 Å². The summed E-state index contributed by atoms with van der Waals surface area (Å²) in [5.41, 5.74) is -1.29. The Balaban J connectivity index is 0.000000444. The Morgan fingerprint density at radius 3 is 1.47 bits per heavy atom. The van der Waals surface area contributed by atoms with Gasteiger partial charge in [0, 0.05) is 11.1 Å². The number of hydroxylamine groups is 2. The van der Waals surface area contributed by atoms with Crippen molar-refractivity contribution >= 4 is 30.3 Å². The van der Waals surface area contributed by atoms with Crippen molar-refractivity contribution in [3.05, 3.63) is 71.8 Å². The Morgan fingerprint density at radius 1 is 0.741 bits per heavy atom. The standard InChI is InChI=1S/C17H25NO4.C17H23NO4.C9H19NO.ClO.Na/c2*1-16(2,3)22-15(20)18-13(11-19)14(21-17(18,4)5)12-9-7-6-8-10-12;1-8(2)6-5-7-9(3,4)10(8)11;1-2;/h6-10,13-14,19H,11H2,1-5H3;6-11,13-14H,1-5H3;11H,5-7H2,1-4H3;;/q;;;-1;+1/t2*13-,14-;;;/m11.../s1. The molecule has 322 valence electrons. The van der Waals surface area contributed by atoms with E-state index in [9.17, 15) is 24.7 Å². The molecule has 15 heteroatoms. The van der Waals surface area contributed by atoms with Crippen molar-refractivity contribution in [2.24, 2.45) is 0 Å². The summed E-state index contributed by atoms with van der Waals surface area (Å²) >= 11 is 3.39. The number of carbonyl (C=O) groups is 3. The predicted octanol–water partition coefficient (Wildman–Crippen LogP) is 5.31. The molecule has 2 amide bonds. The van der Waals surface area contributed by atoms with E-state index in [1.54, 1.807) is 34.6 Å². The summed E-state index contributed by atoms with van der Waals surface area (Å²) in [7, 11) is 0. The quantitative estimate of drug-likeness (QED) is 0.303. The number of hydrogen-bond donors (Lipinski definition) is 2. The second-order valence-corrected chi connectivity index (χ2v) is 18.7. The van der Waals surface area contributed by atoms with Crippen molar-refractivity contribution in [1.82, 2.24) is 14.9 Å². The van der Waals surface area contributed by atoms with Crippen LogP contribution in [-0.2, 0) is 23.7 Å². The van der Waals surface area contributed by atoms with Gasteiger partial charge >= 0.3 is 41.7 Å². The van der Waals surface area contributed by atoms with E-state index in [0.717, 1.165) is 30.3 Å². The van der Waals surface area contributed by atoms with Gasteiger partial charge in [-0.15, -0.1) is 0 Å². The zero-order valence-corrected chi connectivity index (χ0v) is 40.1. The van der Waals surface area contributed by atoms with Crippen molar-refractivity contribution in [2.75, 3.05) is 6.61 Å². The van der Waals surface area contributed by atoms with Gasteiger partial charge in [-0.3, -0.25) is 9.80 Å². The van der Waals surface area contributed by atoms with E-state index < -0.39 is 53.0 Å². The molecule has 3 aliphatic heterocycles. The number of carbonyl (C=O) groups excluding carboxylic acids is 3. The summed E-state index contributed by atoms with van der Waals surface area (Å²) in [4.78, 5) is 39.5. The molecule has 2 N–H and O–H groups in total. The SMILES string of the molecule is CC(C)(C)OC(=O)N1[C@H](C=O)[C@@H](c2ccccc2)OC1(C)C.CC(C)(C)OC(=O)N1[C@H](CO)[C@@H](c2ccccc2)OC1(C)C.CC1(C)CCCC(C)(C)N1O.[Na+].[O-]Cl. The molecule has 3 aliphatic rings. The molecular formula is C43H67ClN3NaO10. The minimum atomic E-state index is -0.922. The van der Waals surface area contributed by atoms with Gasteiger partial charge in [-0.25, -0.2) is 21.5 Å². The van der Waals surface area contributed by atoms with Gasteiger partial charge in [-0.05, 0) is 127 Å². The molecule has 2 aromatic rings. The van der Waals surface area contributed by atoms with E-state index in [4.69, 9.17) is 23.6 Å². The zero-order valence-electron chi connectivity index (χ0n) is 37.4. The number of nitrogens with zero attached hydrogens (tertiary/aromatic N) is 3. The molecule has 0 unspecified atom stereocenters. The number of hydrogen-bond acceptors (Lipinski definition) is 11. The number of ether oxygens (including phenoxy) is 4. The van der Waals surface area contributed by atoms with Crippen molar-refractivity contribution in [2.45, 2.75) is 174 Å². The minimum absolute atomic E-state index is 0. The van der Waals surface area contributed by atoms with E-state index in [1.165, 1.54) is 21.3 Å². The number of amides is 2. The Labute approximate surface area is 373 Å². The molecular weight excluding hydrogens is 777 g/mol. The van der Waals surface area contributed by atoms with Crippen LogP contribution in [0, 0.1) is 0 Å². The van der Waals surface area contributed by atoms with Crippen LogP contribution in [0.2, 0.25) is 0 Å². The van der Waals surface area contributed by atoms with Gasteiger partial charge in [0.1, 0.15) is 47.2 Å². The molecule has 5 rings (SSSR count). The van der Waals surface area contributed by atoms with Crippen molar-refractivity contribution in [3.8, 4) is 0 Å². The monoisotopic (exact) mass is 843 g/mol. The average Bonchev–Trinajstić information content (AvgIpc) is 3.55. The van der Waals surface area contributed by atoms with E-state index in [2.05, 4.69) is 39.6 Å². The van der Waals surface area contributed by atoms with Gasteiger partial charge < -0.3 is 38.7 Å². The van der Waals surface area contributed by atoms with Crippen LogP contribution in [0.3, 0.4) is 0 Å². The number of piperidine rings is 1. The Hall–Kier alpha value is -2.30. The third kappa shape index (κ3) is 14.4. The van der Waals surface area contributed by atoms with Crippen LogP contribution in [0.15, 0.2) is 60.7 Å². The first-order valence-electron chi connectivity index (χ1n) is 19.4. The molecule has 13 nitrogen and oxygen atoms in total. The molecule has 0 radical (unpaired) electrons. The fourth-order valence-corrected chi connectivity index (χ4v) is 7.37. The second kappa shape index (κ2) is 21.5. The Morgan fingerprint density at radius 2 is 1.10 bits per heavy atom. The summed E-state index contributed by atoms with van der Waals surface area (Å²) in [5.74, 6) is 0. The molecule has 0 spiro atoms. The Kier molecular flexibility index (Phi) is 19.9. The van der Waals surface area contributed by atoms with Crippen LogP contribution in [-0.4, -0.2) is 96.1 Å². The molecule has 3 heterocycles. The first kappa shape index (κ1) is 53.7. The fraction of sp³-hybridized carbons (Fsp3) is 0.651. The molecule has 3 saturated heterocycles. The molecule has 0 bridgehead atoms. The summed E-state index contributed by atoms with van der Waals surface area (Å²) in [6.45, 7) is 26.1. The van der Waals surface area contributed by atoms with E-state index in [1.807, 2.05) is 95.3 Å². The molecule has 3 fully saturated rings. The summed E-state index contributed by atoms with van der Waals surface area (Å²) < 4.78 is 30.6. The fourth-order valence-electron chi connectivity index (χ4n) is 7.37. The number of aliphatic hydroxyl groups excluding tert-OH is 1. The zero-order chi connectivity index (χ0) is 43.8. The molecule has 0 aliphatic carbocycles. The number of aliphatic hydroxyl groups is 1. The number of benzene rings is 2. The first-order valence-corrected chi connectivity index (χ1v) is 19.7. The molecule has 4 atom stereocenters. The maximum atomic E-state index is 12.5. The first-order chi connectivity index (χ1) is 26.2. The smallest absolute Gasteiger partial charge is 0.769 e. The topological polar surface area (TPSA) is 161 Å². The van der Waals surface area contributed by atoms with Crippen molar-refractivity contribution in [3.63, 3.8) is 0 Å². The van der Waals surface area contributed by atoms with Crippen LogP contribution < -0.4 is 34.2 Å². The predicted molar refractivity (Wildman–Crippen MR) is 217 cm³/mol. The van der Waals surface area contributed by atoms with Crippen molar-refractivity contribution in [1.29, 1.82) is 0 Å². The average molecular weight is 844 g/mol. The van der Waals surface area contributed by atoms with Crippen LogP contribution >= 0.6 is 11.9 Å². The van der Waals surface area contributed by atoms with E-state index >= 15 is 0 Å². The maximum Gasteiger partial charge on any atom is 1.00 e. The van der Waals surface area contributed by atoms with Gasteiger partial charge in [0.15, 0.2) is 0 Å². The van der Waals surface area contributed by atoms with Gasteiger partial charge in [0.05, 0.1) is 12.6 Å². The largest absolute Gasteiger partial charge is 1.00 e. The summed E-state index contributed by atoms with van der Waals surface area (Å²) in [6, 6.07) is 17.8. The number of aldehydes is 1. The number of halogens is 1. The van der Waals surface area contributed by atoms with E-state index in [-0.39, 0.29) is 53.3 Å².